The topological polar surface area (TPSA) is 211 Å². The lowest BCUT2D eigenvalue weighted by Crippen LogP contribution is -2.46. The van der Waals surface area contributed by atoms with Crippen molar-refractivity contribution in [3.05, 3.63) is 52.6 Å². The van der Waals surface area contributed by atoms with E-state index in [2.05, 4.69) is 15.3 Å². The van der Waals surface area contributed by atoms with Crippen LogP contribution in [0.2, 0.25) is 0 Å². The molecule has 2 aromatic rings. The number of likely N-dealkylation sites (N-methyl/N-ethyl adjacent to an activating group) is 1. The van der Waals surface area contributed by atoms with Crippen LogP contribution in [0.1, 0.15) is 76.4 Å². The number of Topliss-reactive ketones (excluding diaryl/α,β-unsaturated/α-hetero) is 1. The van der Waals surface area contributed by atoms with Gasteiger partial charge in [0.05, 0.1) is 46.7 Å². The molecule has 9 atom stereocenters. The summed E-state index contributed by atoms with van der Waals surface area (Å²) in [6.07, 6.45) is 5.89. The van der Waals surface area contributed by atoms with Gasteiger partial charge in [0.25, 0.3) is 5.91 Å². The maximum Gasteiger partial charge on any atom is 0.302 e. The molecule has 1 saturated heterocycles. The molecule has 0 radical (unpaired) electrons. The Kier molecular flexibility index (Phi) is 13.9. The number of esters is 1. The highest BCUT2D eigenvalue weighted by Crippen LogP contribution is 2.55. The highest BCUT2D eigenvalue weighted by molar-refractivity contribution is 6.24. The number of allylic oxidation sites excluding steroid dienone is 2. The van der Waals surface area contributed by atoms with Gasteiger partial charge in [-0.25, -0.2) is 0 Å². The predicted molar refractivity (Wildman–Crippen MR) is 224 cm³/mol. The van der Waals surface area contributed by atoms with Crippen LogP contribution in [0, 0.1) is 30.6 Å². The molecule has 4 heterocycles. The molecule has 4 aliphatic rings. The van der Waals surface area contributed by atoms with Crippen LogP contribution in [0.3, 0.4) is 0 Å². The fourth-order valence-corrected chi connectivity index (χ4v) is 8.23. The first-order chi connectivity index (χ1) is 27.7. The first-order valence-electron chi connectivity index (χ1n) is 20.1. The zero-order chi connectivity index (χ0) is 43.7. The van der Waals surface area contributed by atoms with Gasteiger partial charge in [-0.05, 0) is 27.8 Å². The molecule has 5 bridgehead atoms. The largest absolute Gasteiger partial charge is 0.507 e. The highest BCUT2D eigenvalue weighted by Gasteiger charge is 2.47. The Morgan fingerprint density at radius 2 is 1.61 bits per heavy atom. The van der Waals surface area contributed by atoms with Crippen molar-refractivity contribution in [2.24, 2.45) is 28.8 Å². The minimum atomic E-state index is -1.54. The molecule has 0 aromatic heterocycles. The third-order valence-corrected chi connectivity index (χ3v) is 12.2. The molecule has 1 amide bonds. The van der Waals surface area contributed by atoms with Crippen LogP contribution in [-0.2, 0) is 19.1 Å². The molecule has 0 aliphatic carbocycles. The van der Waals surface area contributed by atoms with Crippen molar-refractivity contribution in [1.82, 2.24) is 9.91 Å². The molecule has 4 aliphatic heterocycles. The van der Waals surface area contributed by atoms with Gasteiger partial charge in [-0.15, -0.1) is 0 Å². The summed E-state index contributed by atoms with van der Waals surface area (Å²) in [5.41, 5.74) is -1.60. The Morgan fingerprint density at radius 3 is 2.24 bits per heavy atom. The second kappa shape index (κ2) is 18.1. The van der Waals surface area contributed by atoms with Crippen molar-refractivity contribution in [1.29, 1.82) is 0 Å². The number of rotatable bonds is 4. The molecule has 15 nitrogen and oxygen atoms in total. The number of ether oxygens (including phenoxy) is 3. The van der Waals surface area contributed by atoms with Gasteiger partial charge in [0.15, 0.2) is 11.4 Å². The Morgan fingerprint density at radius 1 is 0.949 bits per heavy atom. The third-order valence-electron chi connectivity index (χ3n) is 12.2. The minimum absolute atomic E-state index is 0.00402. The zero-order valence-corrected chi connectivity index (χ0v) is 35.6. The predicted octanol–water partition coefficient (Wildman–Crippen LogP) is 4.79. The van der Waals surface area contributed by atoms with E-state index in [-0.39, 0.29) is 50.9 Å². The molecule has 59 heavy (non-hydrogen) atoms. The van der Waals surface area contributed by atoms with Crippen LogP contribution in [0.25, 0.3) is 10.8 Å². The average molecular weight is 821 g/mol. The molecule has 0 saturated carbocycles. The number of amides is 1. The summed E-state index contributed by atoms with van der Waals surface area (Å²) in [5, 5.41) is 67.2. The van der Waals surface area contributed by atoms with Gasteiger partial charge in [0.2, 0.25) is 5.78 Å². The van der Waals surface area contributed by atoms with Gasteiger partial charge < -0.3 is 50.0 Å². The summed E-state index contributed by atoms with van der Waals surface area (Å²) in [6.45, 7) is 15.6. The number of hydrogen-bond acceptors (Lipinski definition) is 14. The SMILES string of the molecule is CO[C@H]1/C=C/C[C@@]2(C)Oc3c(C)c(O)c4c(O)c(c(/C=N/N5CCN(C)CC5)c(O)c4c3C2=O)NC(=O)/C(C)=C\C=C\[C@H](C)[C@H](O)[C@@H](C)[C@@H](O)[C@@H](C)[C@H](OC(C)=O)[C@@H]1C. The van der Waals surface area contributed by atoms with Gasteiger partial charge >= 0.3 is 5.97 Å². The molecular formula is C44H60N4O11. The summed E-state index contributed by atoms with van der Waals surface area (Å²) >= 11 is 0. The molecule has 0 unspecified atom stereocenters. The molecule has 0 spiro atoms. The average Bonchev–Trinajstić information content (AvgIpc) is 3.46. The van der Waals surface area contributed by atoms with E-state index in [1.165, 1.54) is 40.2 Å². The number of methoxy groups -OCH3 is 1. The number of aliphatic hydroxyl groups is 2. The van der Waals surface area contributed by atoms with Crippen LogP contribution in [0.5, 0.6) is 23.0 Å². The quantitative estimate of drug-likeness (QED) is 0.0807. The van der Waals surface area contributed by atoms with E-state index in [4.69, 9.17) is 14.2 Å². The Labute approximate surface area is 345 Å². The van der Waals surface area contributed by atoms with Crippen LogP contribution < -0.4 is 10.1 Å². The summed E-state index contributed by atoms with van der Waals surface area (Å²) < 4.78 is 18.0. The van der Waals surface area contributed by atoms with E-state index in [0.717, 1.165) is 13.1 Å². The van der Waals surface area contributed by atoms with Crippen molar-refractivity contribution in [2.75, 3.05) is 45.7 Å². The lowest BCUT2D eigenvalue weighted by Gasteiger charge is -2.38. The van der Waals surface area contributed by atoms with Crippen molar-refractivity contribution in [2.45, 2.75) is 91.8 Å². The number of nitrogens with one attached hydrogen (secondary N) is 1. The van der Waals surface area contributed by atoms with Crippen molar-refractivity contribution < 1.29 is 54.1 Å². The number of ketones is 1. The second-order valence-electron chi connectivity index (χ2n) is 16.6. The summed E-state index contributed by atoms with van der Waals surface area (Å²) in [4.78, 5) is 42.8. The van der Waals surface area contributed by atoms with Gasteiger partial charge in [0.1, 0.15) is 23.4 Å². The van der Waals surface area contributed by atoms with Gasteiger partial charge in [-0.3, -0.25) is 19.4 Å². The number of nitrogens with zero attached hydrogens (tertiary/aromatic N) is 3. The zero-order valence-electron chi connectivity index (χ0n) is 35.6. The normalized spacial score (nSPS) is 32.2. The smallest absolute Gasteiger partial charge is 0.302 e. The molecule has 2 aromatic carbocycles. The van der Waals surface area contributed by atoms with E-state index >= 15 is 0 Å². The number of piperazine rings is 1. The number of fused-ring (bicyclic) bond motifs is 14. The number of aromatic hydroxyl groups is 3. The first kappa shape index (κ1) is 45.1. The van der Waals surface area contributed by atoms with Gasteiger partial charge in [0, 0.05) is 86.8 Å². The number of anilines is 1. The summed E-state index contributed by atoms with van der Waals surface area (Å²) in [7, 11) is 3.49. The number of hydrazone groups is 1. The van der Waals surface area contributed by atoms with E-state index in [9.17, 15) is 39.9 Å². The van der Waals surface area contributed by atoms with Crippen molar-refractivity contribution >= 4 is 40.3 Å². The van der Waals surface area contributed by atoms with Crippen molar-refractivity contribution in [3.8, 4) is 23.0 Å². The van der Waals surface area contributed by atoms with Crippen LogP contribution in [0.4, 0.5) is 5.69 Å². The number of carbonyl (C=O) groups is 3. The van der Waals surface area contributed by atoms with Crippen LogP contribution >= 0.6 is 0 Å². The minimum Gasteiger partial charge on any atom is -0.507 e. The monoisotopic (exact) mass is 820 g/mol. The van der Waals surface area contributed by atoms with Crippen LogP contribution in [0.15, 0.2) is 41.1 Å². The van der Waals surface area contributed by atoms with E-state index in [1.807, 2.05) is 14.0 Å². The second-order valence-corrected chi connectivity index (χ2v) is 16.6. The summed E-state index contributed by atoms with van der Waals surface area (Å²) in [5.74, 6) is -5.59. The van der Waals surface area contributed by atoms with E-state index in [0.29, 0.717) is 13.1 Å². The Bertz CT molecular complexity index is 2070. The lowest BCUT2D eigenvalue weighted by atomic mass is 9.78. The third kappa shape index (κ3) is 8.98. The maximum absolute atomic E-state index is 14.6. The number of carbonyl (C=O) groups excluding carboxylic acids is 3. The number of phenols is 3. The highest BCUT2D eigenvalue weighted by atomic mass is 16.5. The van der Waals surface area contributed by atoms with Gasteiger partial charge in [-0.1, -0.05) is 58.1 Å². The number of hydrogen-bond donors (Lipinski definition) is 6. The molecule has 6 rings (SSSR count). The van der Waals surface area contributed by atoms with E-state index in [1.54, 1.807) is 57.0 Å². The van der Waals surface area contributed by atoms with Crippen LogP contribution in [-0.4, -0.2) is 130 Å². The molecule has 1 fully saturated rings. The molecule has 6 N–H and O–H groups in total. The Hall–Kier alpha value is -4.96. The number of phenolic OH excluding ortho intramolecular Hbond substituents is 3. The van der Waals surface area contributed by atoms with Gasteiger partial charge in [-0.2, -0.15) is 5.10 Å². The number of aliphatic hydroxyl groups excluding tert-OH is 2. The number of benzene rings is 2. The fourth-order valence-electron chi connectivity index (χ4n) is 8.23. The maximum atomic E-state index is 14.6. The lowest BCUT2D eigenvalue weighted by molar-refractivity contribution is -0.160. The fraction of sp³-hybridized carbons (Fsp3) is 0.545. The van der Waals surface area contributed by atoms with Crippen molar-refractivity contribution in [3.63, 3.8) is 0 Å². The van der Waals surface area contributed by atoms with E-state index < -0.39 is 88.6 Å². The molecular weight excluding hydrogens is 761 g/mol. The Balaban J connectivity index is 1.70. The molecule has 322 valence electrons. The summed E-state index contributed by atoms with van der Waals surface area (Å²) in [6, 6.07) is 0. The standard InChI is InChI=1S/C44H60N4O11/c1-22-13-11-14-23(2)43(56)46-34-29(21-45-48-19-17-47(9)18-20-48)38(53)31-32(39(34)54)37(52)27(6)41-33(31)42(55)44(8,59-41)16-12-15-30(57-10)24(3)40(58-28(7)49)26(5)36(51)25(4)35(22)50/h11-15,21-22,24-26,30,35-36,40,50-54H,16-20H2,1-10H3,(H,46,56)/b13-11+,15-12+,23-14-,45-21+/t22-,24+,25+,26+,30-,35-,36+,40+,44+/m0/s1. The molecule has 15 heteroatoms. The first-order valence-corrected chi connectivity index (χ1v) is 20.1.